The molecular formula is C7H7NO2+. The van der Waals surface area contributed by atoms with Gasteiger partial charge in [0.25, 0.3) is 0 Å². The van der Waals surface area contributed by atoms with Gasteiger partial charge in [-0.05, 0) is 5.57 Å². The topological polar surface area (TPSA) is 51.4 Å². The number of hydrogen-bond donors (Lipinski definition) is 1. The minimum absolute atomic E-state index is 0.0719. The van der Waals surface area contributed by atoms with Crippen LogP contribution in [0, 0.1) is 0 Å². The van der Waals surface area contributed by atoms with Crippen LogP contribution in [0.1, 0.15) is 6.42 Å². The molecule has 0 amide bonds. The zero-order chi connectivity index (χ0) is 7.40. The van der Waals surface area contributed by atoms with E-state index < -0.39 is 5.97 Å². The number of nitrogens with zero attached hydrogens (tertiary/aromatic N) is 1. The number of rotatable bonds is 2. The molecule has 0 fully saturated rings. The second-order valence-corrected chi connectivity index (χ2v) is 1.93. The second-order valence-electron chi connectivity index (χ2n) is 1.93. The fraction of sp³-hybridized carbons (Fsp3) is 0.143. The van der Waals surface area contributed by atoms with Crippen LogP contribution in [0.15, 0.2) is 23.9 Å². The highest BCUT2D eigenvalue weighted by Gasteiger charge is 2.04. The largest absolute Gasteiger partial charge is 0.481 e. The molecule has 51 valence electrons. The van der Waals surface area contributed by atoms with Crippen LogP contribution in [0.25, 0.3) is 0 Å². The fourth-order valence-corrected chi connectivity index (χ4v) is 0.675. The number of allylic oxidation sites excluding steroid dienone is 2. The van der Waals surface area contributed by atoms with Crippen molar-refractivity contribution in [3.8, 4) is 0 Å². The van der Waals surface area contributed by atoms with Gasteiger partial charge in [0.15, 0.2) is 0 Å². The van der Waals surface area contributed by atoms with Crippen molar-refractivity contribution in [1.82, 2.24) is 4.99 Å². The highest BCUT2D eigenvalue weighted by molar-refractivity contribution is 5.78. The van der Waals surface area contributed by atoms with Crippen LogP contribution in [0.4, 0.5) is 0 Å². The van der Waals surface area contributed by atoms with Crippen LogP contribution >= 0.6 is 0 Å². The Balaban J connectivity index is 2.58. The fourth-order valence-electron chi connectivity index (χ4n) is 0.675. The summed E-state index contributed by atoms with van der Waals surface area (Å²) in [6, 6.07) is 0. The van der Waals surface area contributed by atoms with E-state index in [9.17, 15) is 4.79 Å². The Morgan fingerprint density at radius 3 is 3.00 bits per heavy atom. The van der Waals surface area contributed by atoms with Crippen molar-refractivity contribution in [2.75, 3.05) is 0 Å². The van der Waals surface area contributed by atoms with E-state index >= 15 is 0 Å². The van der Waals surface area contributed by atoms with E-state index in [0.29, 0.717) is 0 Å². The smallest absolute Gasteiger partial charge is 0.307 e. The summed E-state index contributed by atoms with van der Waals surface area (Å²) in [4.78, 5) is 13.9. The average Bonchev–Trinajstić information content (AvgIpc) is 1.88. The van der Waals surface area contributed by atoms with Gasteiger partial charge < -0.3 is 5.11 Å². The highest BCUT2D eigenvalue weighted by Crippen LogP contribution is 2.02. The maximum absolute atomic E-state index is 10.1. The monoisotopic (exact) mass is 137 g/mol. The van der Waals surface area contributed by atoms with Crippen LogP contribution in [-0.2, 0) is 4.79 Å². The summed E-state index contributed by atoms with van der Waals surface area (Å²) < 4.78 is 0. The van der Waals surface area contributed by atoms with E-state index in [1.54, 1.807) is 24.6 Å². The summed E-state index contributed by atoms with van der Waals surface area (Å²) in [5.74, 6) is -0.814. The summed E-state index contributed by atoms with van der Waals surface area (Å²) in [6.45, 7) is 0. The Morgan fingerprint density at radius 1 is 1.70 bits per heavy atom. The lowest BCUT2D eigenvalue weighted by molar-refractivity contribution is -0.136. The van der Waals surface area contributed by atoms with Gasteiger partial charge in [-0.3, -0.25) is 4.79 Å². The minimum Gasteiger partial charge on any atom is -0.481 e. The first kappa shape index (κ1) is 6.74. The van der Waals surface area contributed by atoms with E-state index in [-0.39, 0.29) is 6.42 Å². The molecular weight excluding hydrogens is 130 g/mol. The van der Waals surface area contributed by atoms with Crippen LogP contribution in [0.3, 0.4) is 0 Å². The Morgan fingerprint density at radius 2 is 2.50 bits per heavy atom. The number of aliphatic carboxylic acids is 1. The van der Waals surface area contributed by atoms with Crippen LogP contribution in [0.2, 0.25) is 0 Å². The van der Waals surface area contributed by atoms with Crippen molar-refractivity contribution in [2.24, 2.45) is 0 Å². The van der Waals surface area contributed by atoms with Crippen molar-refractivity contribution in [3.05, 3.63) is 23.9 Å². The van der Waals surface area contributed by atoms with E-state index in [0.717, 1.165) is 5.57 Å². The molecule has 0 spiro atoms. The van der Waals surface area contributed by atoms with Gasteiger partial charge in [-0.25, -0.2) is 0 Å². The first-order chi connectivity index (χ1) is 4.79. The van der Waals surface area contributed by atoms with Crippen molar-refractivity contribution < 1.29 is 9.90 Å². The Bertz CT molecular complexity index is 226. The molecule has 0 bridgehead atoms. The van der Waals surface area contributed by atoms with E-state index in [4.69, 9.17) is 5.11 Å². The average molecular weight is 137 g/mol. The van der Waals surface area contributed by atoms with Gasteiger partial charge in [0, 0.05) is 12.2 Å². The molecule has 3 heteroatoms. The van der Waals surface area contributed by atoms with E-state index in [2.05, 4.69) is 4.99 Å². The van der Waals surface area contributed by atoms with Gasteiger partial charge in [-0.1, -0.05) is 0 Å². The summed E-state index contributed by atoms with van der Waals surface area (Å²) in [5, 5.41) is 8.35. The Labute approximate surface area is 58.4 Å². The van der Waals surface area contributed by atoms with Gasteiger partial charge >= 0.3 is 5.97 Å². The summed E-state index contributed by atoms with van der Waals surface area (Å²) in [7, 11) is 0. The molecule has 3 nitrogen and oxygen atoms in total. The molecule has 0 saturated heterocycles. The van der Waals surface area contributed by atoms with Gasteiger partial charge in [0.2, 0.25) is 12.4 Å². The lowest BCUT2D eigenvalue weighted by Gasteiger charge is -1.92. The number of hydrogen-bond acceptors (Lipinski definition) is 2. The third-order valence-electron chi connectivity index (χ3n) is 1.10. The second kappa shape index (κ2) is 2.96. The molecule has 10 heavy (non-hydrogen) atoms. The van der Waals surface area contributed by atoms with Gasteiger partial charge in [-0.2, -0.15) is 0 Å². The Hall–Kier alpha value is -1.38. The number of aliphatic imine (C=N–C) groups is 1. The zero-order valence-electron chi connectivity index (χ0n) is 5.32. The predicted octanol–water partition coefficient (Wildman–Crippen LogP) is 0.321. The SMILES string of the molecule is O=C(O)CC1=CC=[N+]C=C1. The molecule has 1 aliphatic rings. The molecule has 0 aliphatic carbocycles. The summed E-state index contributed by atoms with van der Waals surface area (Å²) in [5.41, 5.74) is 0.780. The van der Waals surface area contributed by atoms with Crippen molar-refractivity contribution in [3.63, 3.8) is 0 Å². The predicted molar refractivity (Wildman–Crippen MR) is 37.7 cm³/mol. The van der Waals surface area contributed by atoms with E-state index in [1.807, 2.05) is 0 Å². The molecule has 1 radical (unpaired) electrons. The van der Waals surface area contributed by atoms with Gasteiger partial charge in [0.05, 0.1) is 11.4 Å². The molecule has 0 aromatic rings. The third kappa shape index (κ3) is 1.85. The summed E-state index contributed by atoms with van der Waals surface area (Å²) in [6.07, 6.45) is 6.61. The number of carboxylic acid groups (broad SMARTS) is 1. The Kier molecular flexibility index (Phi) is 1.99. The van der Waals surface area contributed by atoms with Crippen LogP contribution in [0.5, 0.6) is 0 Å². The first-order valence-electron chi connectivity index (χ1n) is 2.90. The third-order valence-corrected chi connectivity index (χ3v) is 1.10. The molecule has 0 atom stereocenters. The van der Waals surface area contributed by atoms with Crippen molar-refractivity contribution in [2.45, 2.75) is 6.42 Å². The van der Waals surface area contributed by atoms with Crippen molar-refractivity contribution >= 4 is 12.2 Å². The quantitative estimate of drug-likeness (QED) is 0.596. The van der Waals surface area contributed by atoms with E-state index in [1.165, 1.54) is 0 Å². The molecule has 0 saturated carbocycles. The standard InChI is InChI=1S/C7H7NO2/c9-7(10)5-6-1-3-8-4-2-6/h1-4H,5H2,(H,9,10)/q+1. The van der Waals surface area contributed by atoms with Gasteiger partial charge in [-0.15, -0.1) is 0 Å². The number of carboxylic acids is 1. The maximum atomic E-state index is 10.1. The molecule has 0 unspecified atom stereocenters. The summed E-state index contributed by atoms with van der Waals surface area (Å²) >= 11 is 0. The zero-order valence-corrected chi connectivity index (χ0v) is 5.32. The molecule has 1 heterocycles. The lowest BCUT2D eigenvalue weighted by Crippen LogP contribution is -1.98. The molecule has 1 aliphatic heterocycles. The minimum atomic E-state index is -0.814. The molecule has 1 N–H and O–H groups in total. The van der Waals surface area contributed by atoms with Crippen molar-refractivity contribution in [1.29, 1.82) is 0 Å². The maximum Gasteiger partial charge on any atom is 0.307 e. The molecule has 1 rings (SSSR count). The molecule has 0 aromatic carbocycles. The normalized spacial score (nSPS) is 15.0. The highest BCUT2D eigenvalue weighted by atomic mass is 16.4. The van der Waals surface area contributed by atoms with Crippen LogP contribution in [-0.4, -0.2) is 17.3 Å². The van der Waals surface area contributed by atoms with Gasteiger partial charge in [0.1, 0.15) is 0 Å². The molecule has 0 aromatic heterocycles. The number of carbonyl (C=O) groups is 1. The van der Waals surface area contributed by atoms with Crippen LogP contribution < -0.4 is 4.99 Å². The lowest BCUT2D eigenvalue weighted by atomic mass is 10.1. The first-order valence-corrected chi connectivity index (χ1v) is 2.90.